The molecule has 0 spiro atoms. The summed E-state index contributed by atoms with van der Waals surface area (Å²) in [5.74, 6) is -7.45. The maximum Gasteiger partial charge on any atom is 0.426 e. The predicted molar refractivity (Wildman–Crippen MR) is 127 cm³/mol. The molecule has 0 heterocycles. The van der Waals surface area contributed by atoms with Gasteiger partial charge in [0.1, 0.15) is 5.75 Å². The molecular weight excluding hydrogens is 497 g/mol. The third-order valence-corrected chi connectivity index (χ3v) is 7.10. The number of benzene rings is 3. The average Bonchev–Trinajstić information content (AvgIpc) is 2.88. The predicted octanol–water partition coefficient (Wildman–Crippen LogP) is 9.64. The summed E-state index contributed by atoms with van der Waals surface area (Å²) in [7, 11) is 0. The molecule has 8 heteroatoms. The van der Waals surface area contributed by atoms with E-state index in [9.17, 15) is 22.0 Å². The van der Waals surface area contributed by atoms with E-state index in [0.717, 1.165) is 50.7 Å². The third kappa shape index (κ3) is 5.94. The van der Waals surface area contributed by atoms with Gasteiger partial charge in [-0.05, 0) is 60.8 Å². The van der Waals surface area contributed by atoms with Crippen LogP contribution < -0.4 is 4.74 Å². The van der Waals surface area contributed by atoms with Crippen LogP contribution in [-0.4, -0.2) is 0 Å². The lowest BCUT2D eigenvalue weighted by atomic mass is 9.76. The Kier molecular flexibility index (Phi) is 8.14. The summed E-state index contributed by atoms with van der Waals surface area (Å²) in [5.41, 5.74) is -0.259. The van der Waals surface area contributed by atoms with Gasteiger partial charge in [0.05, 0.1) is 5.56 Å². The molecule has 1 saturated carbocycles. The number of rotatable bonds is 8. The molecule has 0 bridgehead atoms. The van der Waals surface area contributed by atoms with Gasteiger partial charge in [-0.3, -0.25) is 0 Å². The van der Waals surface area contributed by atoms with Crippen LogP contribution in [-0.2, 0) is 6.11 Å². The van der Waals surface area contributed by atoms with Gasteiger partial charge in [0.25, 0.3) is 0 Å². The highest BCUT2D eigenvalue weighted by molar-refractivity contribution is 5.65. The van der Waals surface area contributed by atoms with E-state index in [1.165, 1.54) is 24.6 Å². The zero-order valence-electron chi connectivity index (χ0n) is 20.3. The number of unbranched alkanes of at least 4 members (excludes halogenated alkanes) is 1. The first-order valence-corrected chi connectivity index (χ1v) is 12.4. The quantitative estimate of drug-likeness (QED) is 0.211. The second kappa shape index (κ2) is 11.2. The fourth-order valence-electron chi connectivity index (χ4n) is 5.00. The first kappa shape index (κ1) is 27.0. The Labute approximate surface area is 211 Å². The van der Waals surface area contributed by atoms with Gasteiger partial charge in [-0.25, -0.2) is 22.0 Å². The Bertz CT molecular complexity index is 1210. The summed E-state index contributed by atoms with van der Waals surface area (Å²) >= 11 is 0. The molecule has 4 rings (SSSR count). The van der Waals surface area contributed by atoms with E-state index in [2.05, 4.69) is 11.7 Å². The van der Waals surface area contributed by atoms with E-state index < -0.39 is 46.5 Å². The fraction of sp³-hybridized carbons (Fsp3) is 0.379. The third-order valence-electron chi connectivity index (χ3n) is 7.10. The lowest BCUT2D eigenvalue weighted by Gasteiger charge is -2.29. The Morgan fingerprint density at radius 1 is 0.784 bits per heavy atom. The van der Waals surface area contributed by atoms with Crippen molar-refractivity contribution in [2.24, 2.45) is 5.92 Å². The van der Waals surface area contributed by atoms with Crippen LogP contribution in [0, 0.1) is 35.0 Å². The monoisotopic (exact) mass is 524 g/mol. The van der Waals surface area contributed by atoms with Crippen LogP contribution in [0.3, 0.4) is 0 Å². The molecule has 0 aliphatic heterocycles. The molecule has 0 saturated heterocycles. The minimum atomic E-state index is -4.03. The van der Waals surface area contributed by atoms with Crippen molar-refractivity contribution in [2.75, 3.05) is 0 Å². The van der Waals surface area contributed by atoms with Crippen molar-refractivity contribution in [3.8, 4) is 16.9 Å². The van der Waals surface area contributed by atoms with E-state index in [1.54, 1.807) is 6.07 Å². The second-order valence-corrected chi connectivity index (χ2v) is 9.59. The summed E-state index contributed by atoms with van der Waals surface area (Å²) in [6.45, 7) is 2.15. The van der Waals surface area contributed by atoms with Crippen molar-refractivity contribution in [1.82, 2.24) is 0 Å². The lowest BCUT2D eigenvalue weighted by Crippen LogP contribution is -2.22. The van der Waals surface area contributed by atoms with Gasteiger partial charge in [-0.1, -0.05) is 50.5 Å². The van der Waals surface area contributed by atoms with E-state index in [0.29, 0.717) is 23.6 Å². The highest BCUT2D eigenvalue weighted by Gasteiger charge is 2.35. The average molecular weight is 525 g/mol. The molecule has 0 unspecified atom stereocenters. The lowest BCUT2D eigenvalue weighted by molar-refractivity contribution is -0.185. The Morgan fingerprint density at radius 2 is 1.41 bits per heavy atom. The summed E-state index contributed by atoms with van der Waals surface area (Å²) in [5, 5.41) is 0. The molecule has 0 aromatic heterocycles. The van der Waals surface area contributed by atoms with Crippen molar-refractivity contribution in [3.63, 3.8) is 0 Å². The van der Waals surface area contributed by atoms with Gasteiger partial charge in [-0.2, -0.15) is 8.78 Å². The van der Waals surface area contributed by atoms with Crippen molar-refractivity contribution < 1.29 is 35.5 Å². The van der Waals surface area contributed by atoms with Crippen molar-refractivity contribution >= 4 is 0 Å². The van der Waals surface area contributed by atoms with E-state index in [1.807, 2.05) is 0 Å². The van der Waals surface area contributed by atoms with Crippen molar-refractivity contribution in [1.29, 1.82) is 0 Å². The molecule has 1 aliphatic rings. The molecule has 0 amide bonds. The molecule has 0 N–H and O–H groups in total. The van der Waals surface area contributed by atoms with Crippen molar-refractivity contribution in [3.05, 3.63) is 88.7 Å². The molecule has 3 aromatic rings. The SMILES string of the molecule is CCCCC1CCC(c2ccc(-c3ccc(C(F)(F)Oc4cc(F)c(F)c(F)c4)cc3)c(F)c2F)CC1. The zero-order chi connectivity index (χ0) is 26.7. The summed E-state index contributed by atoms with van der Waals surface area (Å²) in [6.07, 6.45) is 3.03. The van der Waals surface area contributed by atoms with Crippen LogP contribution in [0.4, 0.5) is 30.7 Å². The summed E-state index contributed by atoms with van der Waals surface area (Å²) < 4.78 is 103. The van der Waals surface area contributed by atoms with Crippen LogP contribution in [0.15, 0.2) is 48.5 Å². The number of hydrogen-bond donors (Lipinski definition) is 0. The van der Waals surface area contributed by atoms with Gasteiger partial charge in [-0.15, -0.1) is 0 Å². The van der Waals surface area contributed by atoms with Gasteiger partial charge in [0.2, 0.25) is 0 Å². The Balaban J connectivity index is 1.49. The smallest absolute Gasteiger partial charge is 0.426 e. The van der Waals surface area contributed by atoms with E-state index in [-0.39, 0.29) is 17.0 Å². The molecule has 1 nitrogen and oxygen atoms in total. The highest BCUT2D eigenvalue weighted by atomic mass is 19.3. The highest BCUT2D eigenvalue weighted by Crippen LogP contribution is 2.41. The van der Waals surface area contributed by atoms with Crippen molar-refractivity contribution in [2.45, 2.75) is 63.9 Å². The van der Waals surface area contributed by atoms with Crippen LogP contribution in [0.5, 0.6) is 5.75 Å². The fourth-order valence-corrected chi connectivity index (χ4v) is 5.00. The van der Waals surface area contributed by atoms with Gasteiger partial charge >= 0.3 is 6.11 Å². The Morgan fingerprint density at radius 3 is 2.00 bits per heavy atom. The van der Waals surface area contributed by atoms with Crippen LogP contribution in [0.2, 0.25) is 0 Å². The number of hydrogen-bond acceptors (Lipinski definition) is 1. The van der Waals surface area contributed by atoms with Gasteiger partial charge in [0, 0.05) is 17.7 Å². The van der Waals surface area contributed by atoms with Crippen LogP contribution in [0.25, 0.3) is 11.1 Å². The molecule has 0 radical (unpaired) electrons. The summed E-state index contributed by atoms with van der Waals surface area (Å²) in [4.78, 5) is 0. The first-order valence-electron chi connectivity index (χ1n) is 12.4. The van der Waals surface area contributed by atoms with E-state index >= 15 is 8.78 Å². The Hall–Kier alpha value is -3.03. The minimum Gasteiger partial charge on any atom is -0.429 e. The molecule has 198 valence electrons. The largest absolute Gasteiger partial charge is 0.429 e. The molecule has 3 aromatic carbocycles. The van der Waals surface area contributed by atoms with Gasteiger partial charge in [0.15, 0.2) is 29.1 Å². The normalized spacial score (nSPS) is 18.2. The molecule has 37 heavy (non-hydrogen) atoms. The maximum atomic E-state index is 15.0. The molecule has 0 atom stereocenters. The van der Waals surface area contributed by atoms with Gasteiger partial charge < -0.3 is 4.74 Å². The number of ether oxygens (including phenoxy) is 1. The molecule has 1 fully saturated rings. The van der Waals surface area contributed by atoms with Crippen LogP contribution in [0.1, 0.15) is 68.9 Å². The molecular formula is C29H27F7O. The standard InChI is InChI=1S/C29H27F7O/c1-2-3-4-17-5-7-18(8-6-17)22-13-14-23(27(33)26(22)32)19-9-11-20(12-10-19)29(35,36)37-21-15-24(30)28(34)25(31)16-21/h9-18H,2-8H2,1H3. The molecule has 1 aliphatic carbocycles. The number of alkyl halides is 2. The maximum absolute atomic E-state index is 15.0. The van der Waals surface area contributed by atoms with Crippen LogP contribution >= 0.6 is 0 Å². The number of halogens is 7. The first-order chi connectivity index (χ1) is 17.6. The summed E-state index contributed by atoms with van der Waals surface area (Å²) in [6, 6.07) is 7.85. The second-order valence-electron chi connectivity index (χ2n) is 9.59. The van der Waals surface area contributed by atoms with E-state index in [4.69, 9.17) is 0 Å². The topological polar surface area (TPSA) is 9.23 Å². The zero-order valence-corrected chi connectivity index (χ0v) is 20.3. The minimum absolute atomic E-state index is 0.0548.